The number of carbonyl (C=O) groups excluding carboxylic acids is 1. The van der Waals surface area contributed by atoms with Crippen LogP contribution in [0.4, 0.5) is 20.3 Å². The highest BCUT2D eigenvalue weighted by Gasteiger charge is 2.50. The third-order valence-corrected chi connectivity index (χ3v) is 10.8. The molecule has 2 N–H and O–H groups in total. The molecule has 0 radical (unpaired) electrons. The van der Waals surface area contributed by atoms with E-state index in [1.165, 1.54) is 12.1 Å². The highest BCUT2D eigenvalue weighted by Crippen LogP contribution is 2.45. The molecule has 3 aromatic rings. The topological polar surface area (TPSA) is 94.1 Å². The molecule has 3 unspecified atom stereocenters. The lowest BCUT2D eigenvalue weighted by molar-refractivity contribution is 0.0996. The van der Waals surface area contributed by atoms with Gasteiger partial charge in [0.15, 0.2) is 0 Å². The van der Waals surface area contributed by atoms with Crippen molar-refractivity contribution in [3.05, 3.63) is 46.9 Å². The lowest BCUT2D eigenvalue weighted by atomic mass is 9.86. The SMILES string of the molecule is CCc1c(F)ccc2cc(O)cc(N3Cc4nc(OCC56CCCN5CC(F)C6)nc(N5CCC6(CCNC6)C5)c4C3=O)c12. The van der Waals surface area contributed by atoms with Gasteiger partial charge in [0.2, 0.25) is 0 Å². The third kappa shape index (κ3) is 4.34. The maximum atomic E-state index is 15.0. The van der Waals surface area contributed by atoms with Crippen molar-refractivity contribution < 1.29 is 23.4 Å². The minimum atomic E-state index is -0.864. The first-order chi connectivity index (χ1) is 21.3. The maximum Gasteiger partial charge on any atom is 0.318 e. The van der Waals surface area contributed by atoms with Crippen molar-refractivity contribution in [3.8, 4) is 11.8 Å². The van der Waals surface area contributed by atoms with E-state index in [1.807, 2.05) is 6.92 Å². The Hall–Kier alpha value is -3.57. The number of amides is 1. The van der Waals surface area contributed by atoms with E-state index in [0.717, 1.165) is 58.4 Å². The Bertz CT molecular complexity index is 1660. The summed E-state index contributed by atoms with van der Waals surface area (Å²) < 4.78 is 35.8. The number of alkyl halides is 1. The summed E-state index contributed by atoms with van der Waals surface area (Å²) >= 11 is 0. The number of fused-ring (bicyclic) bond motifs is 3. The number of carbonyl (C=O) groups is 1. The van der Waals surface area contributed by atoms with Gasteiger partial charge >= 0.3 is 6.01 Å². The van der Waals surface area contributed by atoms with E-state index in [0.29, 0.717) is 65.1 Å². The summed E-state index contributed by atoms with van der Waals surface area (Å²) in [6.45, 7) is 7.07. The van der Waals surface area contributed by atoms with E-state index >= 15 is 0 Å². The first kappa shape index (κ1) is 27.9. The number of nitrogens with one attached hydrogen (secondary N) is 1. The minimum Gasteiger partial charge on any atom is -0.508 e. The molecule has 2 aromatic carbocycles. The van der Waals surface area contributed by atoms with E-state index in [2.05, 4.69) is 15.1 Å². The summed E-state index contributed by atoms with van der Waals surface area (Å²) in [4.78, 5) is 30.0. The zero-order valence-corrected chi connectivity index (χ0v) is 25.0. The molecule has 4 saturated heterocycles. The van der Waals surface area contributed by atoms with E-state index in [4.69, 9.17) is 14.7 Å². The molecule has 3 atom stereocenters. The summed E-state index contributed by atoms with van der Waals surface area (Å²) in [5.74, 6) is -0.0637. The van der Waals surface area contributed by atoms with E-state index in [-0.39, 0.29) is 41.0 Å². The molecule has 9 nitrogen and oxygen atoms in total. The van der Waals surface area contributed by atoms with E-state index in [1.54, 1.807) is 17.0 Å². The van der Waals surface area contributed by atoms with Crippen LogP contribution in [0.2, 0.25) is 0 Å². The van der Waals surface area contributed by atoms with Gasteiger partial charge in [0.05, 0.1) is 23.5 Å². The Morgan fingerprint density at radius 3 is 2.89 bits per heavy atom. The van der Waals surface area contributed by atoms with Crippen LogP contribution >= 0.6 is 0 Å². The van der Waals surface area contributed by atoms with Gasteiger partial charge in [-0.3, -0.25) is 9.69 Å². The van der Waals surface area contributed by atoms with E-state index in [9.17, 15) is 18.7 Å². The standard InChI is InChI=1S/C33H38F2N6O3/c1-2-23-24(35)5-4-20-12-22(42)13-26(27(20)23)41-16-25-28(30(41)43)29(39-11-8-32(18-39)7-9-36-17-32)38-31(37-25)44-19-33-6-3-10-40(33)15-21(34)14-33/h4-5,12-13,21,36,42H,2-3,6-11,14-19H2,1H3. The number of phenolic OH excluding ortho intramolecular Hbond substituents is 1. The van der Waals surface area contributed by atoms with Crippen LogP contribution in [0.25, 0.3) is 10.8 Å². The maximum absolute atomic E-state index is 15.0. The Balaban J connectivity index is 1.19. The Kier molecular flexibility index (Phi) is 6.50. The number of nitrogens with zero attached hydrogens (tertiary/aromatic N) is 5. The number of hydrogen-bond donors (Lipinski definition) is 2. The molecule has 232 valence electrons. The zero-order chi connectivity index (χ0) is 30.2. The molecule has 6 heterocycles. The molecular weight excluding hydrogens is 566 g/mol. The second-order valence-electron chi connectivity index (χ2n) is 13.4. The molecule has 0 saturated carbocycles. The third-order valence-electron chi connectivity index (χ3n) is 10.8. The summed E-state index contributed by atoms with van der Waals surface area (Å²) in [7, 11) is 0. The lowest BCUT2D eigenvalue weighted by Crippen LogP contribution is -2.43. The fourth-order valence-electron chi connectivity index (χ4n) is 8.59. The van der Waals surface area contributed by atoms with Gasteiger partial charge in [-0.25, -0.2) is 8.78 Å². The molecule has 1 amide bonds. The van der Waals surface area contributed by atoms with Gasteiger partial charge < -0.3 is 25.0 Å². The van der Waals surface area contributed by atoms with Gasteiger partial charge in [0.1, 0.15) is 35.7 Å². The fraction of sp³-hybridized carbons (Fsp3) is 0.545. The van der Waals surface area contributed by atoms with Gasteiger partial charge in [-0.2, -0.15) is 9.97 Å². The van der Waals surface area contributed by atoms with Crippen molar-refractivity contribution >= 4 is 28.2 Å². The number of ether oxygens (including phenoxy) is 1. The fourth-order valence-corrected chi connectivity index (χ4v) is 8.59. The largest absolute Gasteiger partial charge is 0.508 e. The molecule has 1 aromatic heterocycles. The smallest absolute Gasteiger partial charge is 0.318 e. The number of benzene rings is 2. The van der Waals surface area contributed by atoms with Crippen LogP contribution in [0.5, 0.6) is 11.8 Å². The summed E-state index contributed by atoms with van der Waals surface area (Å²) in [5, 5.41) is 15.4. The van der Waals surface area contributed by atoms with Crippen LogP contribution in [-0.2, 0) is 13.0 Å². The van der Waals surface area contributed by atoms with Crippen molar-refractivity contribution in [2.24, 2.45) is 5.41 Å². The van der Waals surface area contributed by atoms with E-state index < -0.39 is 6.17 Å². The average Bonchev–Trinajstić information content (AvgIpc) is 3.83. The van der Waals surface area contributed by atoms with Gasteiger partial charge in [0.25, 0.3) is 5.91 Å². The predicted octanol–water partition coefficient (Wildman–Crippen LogP) is 4.34. The van der Waals surface area contributed by atoms with Gasteiger partial charge in [-0.15, -0.1) is 0 Å². The molecule has 0 aliphatic carbocycles. The Morgan fingerprint density at radius 1 is 1.18 bits per heavy atom. The number of rotatable bonds is 6. The second-order valence-corrected chi connectivity index (χ2v) is 13.4. The first-order valence-electron chi connectivity index (χ1n) is 15.9. The number of aromatic hydroxyl groups is 1. The van der Waals surface area contributed by atoms with Crippen molar-refractivity contribution in [2.75, 3.05) is 55.7 Å². The second kappa shape index (κ2) is 10.2. The Morgan fingerprint density at radius 2 is 2.07 bits per heavy atom. The molecule has 11 heteroatoms. The molecule has 1 spiro atoms. The van der Waals surface area contributed by atoms with Crippen LogP contribution in [0.15, 0.2) is 24.3 Å². The number of aromatic nitrogens is 2. The van der Waals surface area contributed by atoms with Gasteiger partial charge in [-0.1, -0.05) is 13.0 Å². The van der Waals surface area contributed by atoms with Crippen molar-refractivity contribution in [1.82, 2.24) is 20.2 Å². The summed E-state index contributed by atoms with van der Waals surface area (Å²) in [5.41, 5.74) is 1.70. The highest BCUT2D eigenvalue weighted by molar-refractivity contribution is 6.16. The van der Waals surface area contributed by atoms with Crippen LogP contribution in [0, 0.1) is 11.2 Å². The Labute approximate surface area is 255 Å². The van der Waals surface area contributed by atoms with Crippen molar-refractivity contribution in [1.29, 1.82) is 0 Å². The number of phenols is 1. The highest BCUT2D eigenvalue weighted by atomic mass is 19.1. The normalized spacial score (nSPS) is 28.2. The molecule has 4 fully saturated rings. The number of anilines is 2. The molecular formula is C33H38F2N6O3. The molecule has 5 aliphatic rings. The average molecular weight is 605 g/mol. The van der Waals surface area contributed by atoms with Crippen LogP contribution in [0.1, 0.15) is 60.6 Å². The summed E-state index contributed by atoms with van der Waals surface area (Å²) in [6.07, 6.45) is 3.97. The van der Waals surface area contributed by atoms with Crippen molar-refractivity contribution in [2.45, 2.75) is 63.7 Å². The quantitative estimate of drug-likeness (QED) is 0.429. The van der Waals surface area contributed by atoms with Crippen molar-refractivity contribution in [3.63, 3.8) is 0 Å². The molecule has 0 bridgehead atoms. The first-order valence-corrected chi connectivity index (χ1v) is 15.9. The summed E-state index contributed by atoms with van der Waals surface area (Å²) in [6, 6.07) is 6.36. The van der Waals surface area contributed by atoms with Gasteiger partial charge in [0, 0.05) is 49.5 Å². The zero-order valence-electron chi connectivity index (χ0n) is 25.0. The molecule has 44 heavy (non-hydrogen) atoms. The monoisotopic (exact) mass is 604 g/mol. The van der Waals surface area contributed by atoms with Gasteiger partial charge in [-0.05, 0) is 68.3 Å². The number of aryl methyl sites for hydroxylation is 1. The molecule has 5 aliphatic heterocycles. The van der Waals surface area contributed by atoms with Crippen LogP contribution < -0.4 is 19.9 Å². The lowest BCUT2D eigenvalue weighted by Gasteiger charge is -2.31. The van der Waals surface area contributed by atoms with Crippen LogP contribution in [0.3, 0.4) is 0 Å². The van der Waals surface area contributed by atoms with Crippen LogP contribution in [-0.4, -0.2) is 83.5 Å². The minimum absolute atomic E-state index is 0.00132. The number of hydrogen-bond acceptors (Lipinski definition) is 8. The number of halogens is 2. The molecule has 8 rings (SSSR count). The predicted molar refractivity (Wildman–Crippen MR) is 163 cm³/mol.